The summed E-state index contributed by atoms with van der Waals surface area (Å²) in [6.45, 7) is 12.7. The van der Waals surface area contributed by atoms with Gasteiger partial charge in [0.15, 0.2) is 0 Å². The van der Waals surface area contributed by atoms with Gasteiger partial charge in [-0.2, -0.15) is 0 Å². The fourth-order valence-corrected chi connectivity index (χ4v) is 3.88. The molecule has 1 aliphatic rings. The van der Waals surface area contributed by atoms with Gasteiger partial charge >= 0.3 is 0 Å². The van der Waals surface area contributed by atoms with E-state index in [-0.39, 0.29) is 0 Å². The first-order valence-corrected chi connectivity index (χ1v) is 8.51. The summed E-state index contributed by atoms with van der Waals surface area (Å²) in [6.07, 6.45) is 2.76. The van der Waals surface area contributed by atoms with Gasteiger partial charge in [-0.1, -0.05) is 20.8 Å². The van der Waals surface area contributed by atoms with Crippen LogP contribution in [0, 0.1) is 11.8 Å². The third kappa shape index (κ3) is 4.59. The summed E-state index contributed by atoms with van der Waals surface area (Å²) >= 11 is 1.97. The molecule has 0 aliphatic carbocycles. The smallest absolute Gasteiger partial charge is 0.0328 e. The summed E-state index contributed by atoms with van der Waals surface area (Å²) in [5, 5.41) is 3.40. The highest BCUT2D eigenvalue weighted by Crippen LogP contribution is 2.26. The third-order valence-corrected chi connectivity index (χ3v) is 5.29. The zero-order valence-electron chi connectivity index (χ0n) is 12.6. The van der Waals surface area contributed by atoms with Crippen molar-refractivity contribution in [2.45, 2.75) is 46.7 Å². The van der Waals surface area contributed by atoms with E-state index in [0.29, 0.717) is 0 Å². The molecule has 0 spiro atoms. The van der Waals surface area contributed by atoms with Gasteiger partial charge in [0, 0.05) is 22.8 Å². The molecule has 3 heteroatoms. The highest BCUT2D eigenvalue weighted by atomic mass is 32.1. The van der Waals surface area contributed by atoms with Gasteiger partial charge in [-0.25, -0.2) is 0 Å². The van der Waals surface area contributed by atoms with Gasteiger partial charge in [0.2, 0.25) is 0 Å². The van der Waals surface area contributed by atoms with Crippen molar-refractivity contribution in [3.8, 4) is 0 Å². The maximum atomic E-state index is 3.40. The van der Waals surface area contributed by atoms with E-state index in [4.69, 9.17) is 0 Å². The van der Waals surface area contributed by atoms with Gasteiger partial charge in [-0.05, 0) is 56.4 Å². The monoisotopic (exact) mass is 280 g/mol. The predicted molar refractivity (Wildman–Crippen MR) is 84.5 cm³/mol. The van der Waals surface area contributed by atoms with Crippen molar-refractivity contribution < 1.29 is 0 Å². The Hall–Kier alpha value is -0.380. The molecule has 2 nitrogen and oxygen atoms in total. The summed E-state index contributed by atoms with van der Waals surface area (Å²) in [4.78, 5) is 5.62. The van der Waals surface area contributed by atoms with E-state index in [1.165, 1.54) is 35.7 Å². The fraction of sp³-hybridized carbons (Fsp3) is 0.750. The van der Waals surface area contributed by atoms with Crippen LogP contribution in [0.1, 0.15) is 43.4 Å². The molecule has 0 aromatic carbocycles. The summed E-state index contributed by atoms with van der Waals surface area (Å²) in [7, 11) is 0. The Labute approximate surface area is 122 Å². The molecule has 1 aromatic heterocycles. The van der Waals surface area contributed by atoms with Crippen molar-refractivity contribution in [1.29, 1.82) is 0 Å². The Balaban J connectivity index is 1.77. The zero-order valence-corrected chi connectivity index (χ0v) is 13.4. The first-order chi connectivity index (χ1) is 9.19. The van der Waals surface area contributed by atoms with Crippen LogP contribution >= 0.6 is 11.3 Å². The van der Waals surface area contributed by atoms with Crippen molar-refractivity contribution in [1.82, 2.24) is 10.2 Å². The number of rotatable bonds is 6. The average Bonchev–Trinajstić information content (AvgIpc) is 2.84. The quantitative estimate of drug-likeness (QED) is 0.854. The van der Waals surface area contributed by atoms with Crippen LogP contribution in [0.15, 0.2) is 12.1 Å². The minimum atomic E-state index is 0.857. The number of nitrogens with one attached hydrogen (secondary N) is 1. The van der Waals surface area contributed by atoms with Crippen molar-refractivity contribution in [3.63, 3.8) is 0 Å². The second kappa shape index (κ2) is 7.41. The van der Waals surface area contributed by atoms with Gasteiger partial charge in [-0.3, -0.25) is 4.90 Å². The first kappa shape index (κ1) is 15.0. The van der Waals surface area contributed by atoms with Crippen molar-refractivity contribution in [2.75, 3.05) is 19.6 Å². The largest absolute Gasteiger partial charge is 0.312 e. The van der Waals surface area contributed by atoms with Gasteiger partial charge in [0.05, 0.1) is 0 Å². The molecular weight excluding hydrogens is 252 g/mol. The molecule has 2 rings (SSSR count). The van der Waals surface area contributed by atoms with Crippen LogP contribution < -0.4 is 5.32 Å². The molecule has 0 unspecified atom stereocenters. The molecule has 0 amide bonds. The molecule has 2 heterocycles. The molecule has 108 valence electrons. The molecule has 0 atom stereocenters. The standard InChI is InChI=1S/C16H28N2S/c1-4-17-11-15-5-6-16(19-15)12-18-9-7-14(8-10-18)13(2)3/h5-6,13-14,17H,4,7-12H2,1-3H3. The van der Waals surface area contributed by atoms with Gasteiger partial charge in [-0.15, -0.1) is 11.3 Å². The Morgan fingerprint density at radius 1 is 1.26 bits per heavy atom. The Bertz CT molecular complexity index is 365. The summed E-state index contributed by atoms with van der Waals surface area (Å²) < 4.78 is 0. The van der Waals surface area contributed by atoms with Gasteiger partial charge < -0.3 is 5.32 Å². The lowest BCUT2D eigenvalue weighted by Crippen LogP contribution is -2.34. The third-order valence-electron chi connectivity index (χ3n) is 4.22. The molecule has 1 saturated heterocycles. The predicted octanol–water partition coefficient (Wildman–Crippen LogP) is 3.73. The van der Waals surface area contributed by atoms with Crippen LogP contribution in [0.4, 0.5) is 0 Å². The average molecular weight is 280 g/mol. The van der Waals surface area contributed by atoms with Crippen LogP contribution in [0.5, 0.6) is 0 Å². The van der Waals surface area contributed by atoms with Gasteiger partial charge in [0.25, 0.3) is 0 Å². The number of likely N-dealkylation sites (tertiary alicyclic amines) is 1. The molecule has 19 heavy (non-hydrogen) atoms. The van der Waals surface area contributed by atoms with E-state index in [1.807, 2.05) is 11.3 Å². The number of hydrogen-bond acceptors (Lipinski definition) is 3. The molecule has 0 bridgehead atoms. The van der Waals surface area contributed by atoms with Crippen LogP contribution in [-0.4, -0.2) is 24.5 Å². The van der Waals surface area contributed by atoms with E-state index in [0.717, 1.165) is 31.5 Å². The Morgan fingerprint density at radius 2 is 1.95 bits per heavy atom. The van der Waals surface area contributed by atoms with E-state index < -0.39 is 0 Å². The van der Waals surface area contributed by atoms with Crippen LogP contribution in [0.3, 0.4) is 0 Å². The second-order valence-corrected chi connectivity index (χ2v) is 7.26. The summed E-state index contributed by atoms with van der Waals surface area (Å²) in [6, 6.07) is 4.59. The Kier molecular flexibility index (Phi) is 5.86. The normalized spacial score (nSPS) is 18.3. The molecule has 0 saturated carbocycles. The molecule has 1 N–H and O–H groups in total. The van der Waals surface area contributed by atoms with Crippen LogP contribution in [-0.2, 0) is 13.1 Å². The zero-order chi connectivity index (χ0) is 13.7. The Morgan fingerprint density at radius 3 is 2.58 bits per heavy atom. The van der Waals surface area contributed by atoms with E-state index >= 15 is 0 Å². The lowest BCUT2D eigenvalue weighted by atomic mass is 9.87. The summed E-state index contributed by atoms with van der Waals surface area (Å²) in [5.41, 5.74) is 0. The van der Waals surface area contributed by atoms with Crippen LogP contribution in [0.2, 0.25) is 0 Å². The molecule has 0 radical (unpaired) electrons. The minimum absolute atomic E-state index is 0.857. The second-order valence-electron chi connectivity index (χ2n) is 6.01. The van der Waals surface area contributed by atoms with Crippen LogP contribution in [0.25, 0.3) is 0 Å². The number of hydrogen-bond donors (Lipinski definition) is 1. The van der Waals surface area contributed by atoms with E-state index in [1.54, 1.807) is 0 Å². The number of nitrogens with zero attached hydrogens (tertiary/aromatic N) is 1. The molecule has 1 aromatic rings. The SMILES string of the molecule is CCNCc1ccc(CN2CCC(C(C)C)CC2)s1. The molecular formula is C16H28N2S. The number of thiophene rings is 1. The van der Waals surface area contributed by atoms with Crippen molar-refractivity contribution >= 4 is 11.3 Å². The van der Waals surface area contributed by atoms with Crippen molar-refractivity contribution in [3.05, 3.63) is 21.9 Å². The molecule has 1 fully saturated rings. The molecule has 1 aliphatic heterocycles. The number of piperidine rings is 1. The van der Waals surface area contributed by atoms with Gasteiger partial charge in [0.1, 0.15) is 0 Å². The maximum absolute atomic E-state index is 3.40. The minimum Gasteiger partial charge on any atom is -0.312 e. The highest BCUT2D eigenvalue weighted by Gasteiger charge is 2.21. The fourth-order valence-electron chi connectivity index (χ4n) is 2.85. The topological polar surface area (TPSA) is 15.3 Å². The lowest BCUT2D eigenvalue weighted by molar-refractivity contribution is 0.153. The maximum Gasteiger partial charge on any atom is 0.0328 e. The van der Waals surface area contributed by atoms with E-state index in [2.05, 4.69) is 43.1 Å². The summed E-state index contributed by atoms with van der Waals surface area (Å²) in [5.74, 6) is 1.81. The lowest BCUT2D eigenvalue weighted by Gasteiger charge is -2.33. The first-order valence-electron chi connectivity index (χ1n) is 7.69. The van der Waals surface area contributed by atoms with Crippen molar-refractivity contribution in [2.24, 2.45) is 11.8 Å². The van der Waals surface area contributed by atoms with E-state index in [9.17, 15) is 0 Å². The highest BCUT2D eigenvalue weighted by molar-refractivity contribution is 7.11.